The number of ether oxygens (including phenoxy) is 2. The maximum absolute atomic E-state index is 14.0. The van der Waals surface area contributed by atoms with Crippen molar-refractivity contribution < 1.29 is 24.2 Å². The van der Waals surface area contributed by atoms with E-state index in [0.717, 1.165) is 11.1 Å². The van der Waals surface area contributed by atoms with Crippen molar-refractivity contribution in [3.8, 4) is 11.5 Å². The second-order valence-corrected chi connectivity index (χ2v) is 14.1. The molecule has 5 aromatic rings. The van der Waals surface area contributed by atoms with Crippen LogP contribution in [0.5, 0.6) is 11.5 Å². The average molecular weight is 691 g/mol. The minimum atomic E-state index is -1.01. The first kappa shape index (κ1) is 31.7. The Hall–Kier alpha value is -4.23. The molecule has 1 amide bonds. The molecule has 46 heavy (non-hydrogen) atoms. The molecule has 1 unspecified atom stereocenters. The third kappa shape index (κ3) is 6.52. The van der Waals surface area contributed by atoms with Crippen LogP contribution in [0.3, 0.4) is 0 Å². The molecule has 0 spiro atoms. The van der Waals surface area contributed by atoms with E-state index >= 15 is 0 Å². The molecule has 2 aromatic heterocycles. The van der Waals surface area contributed by atoms with Gasteiger partial charge in [-0.1, -0.05) is 83.2 Å². The summed E-state index contributed by atoms with van der Waals surface area (Å²) in [5.41, 5.74) is 3.01. The number of thioether (sulfide) groups is 1. The highest BCUT2D eigenvalue weighted by atomic mass is 35.5. The number of methoxy groups -OCH3 is 1. The molecule has 13 heteroatoms. The van der Waals surface area contributed by atoms with Crippen LogP contribution < -0.4 is 14.4 Å². The van der Waals surface area contributed by atoms with Crippen molar-refractivity contribution >= 4 is 62.9 Å². The van der Waals surface area contributed by atoms with Gasteiger partial charge in [-0.2, -0.15) is 0 Å². The van der Waals surface area contributed by atoms with Crippen LogP contribution in [0.4, 0.5) is 5.13 Å². The van der Waals surface area contributed by atoms with Gasteiger partial charge < -0.3 is 14.6 Å². The van der Waals surface area contributed by atoms with Crippen molar-refractivity contribution in [3.63, 3.8) is 0 Å². The third-order valence-corrected chi connectivity index (χ3v) is 10.6. The molecular formula is C33H27ClN4O5S3. The van der Waals surface area contributed by atoms with Crippen molar-refractivity contribution in [2.45, 2.75) is 36.6 Å². The van der Waals surface area contributed by atoms with Crippen LogP contribution in [0.1, 0.15) is 43.1 Å². The number of nitrogens with zero attached hydrogens (tertiary/aromatic N) is 4. The fourth-order valence-electron chi connectivity index (χ4n) is 5.01. The van der Waals surface area contributed by atoms with Gasteiger partial charge in [0, 0.05) is 10.8 Å². The molecule has 0 bridgehead atoms. The Morgan fingerprint density at radius 1 is 1.00 bits per heavy atom. The zero-order valence-electron chi connectivity index (χ0n) is 24.9. The monoisotopic (exact) mass is 690 g/mol. The quantitative estimate of drug-likeness (QED) is 0.0838. The fraction of sp³-hybridized carbons (Fsp3) is 0.182. The number of carbonyl (C=O) groups excluding carboxylic acids is 2. The highest BCUT2D eigenvalue weighted by Gasteiger charge is 2.47. The number of halogens is 1. The molecule has 0 aliphatic carbocycles. The zero-order chi connectivity index (χ0) is 32.4. The summed E-state index contributed by atoms with van der Waals surface area (Å²) in [7, 11) is 1.52. The standard InChI is InChI=1S/C33H27ClN4O5S3/c1-18-30(45-19(2)35-18)28(39)26-27(22-11-14-24(25(15-22)42-3)43-16-20-7-5-4-6-8-20)38(31(41)29(26)40)32-36-37-33(46-32)44-17-21-9-12-23(34)13-10-21/h4-15,27,40H,16-17H2,1-3H3. The first-order chi connectivity index (χ1) is 22.2. The van der Waals surface area contributed by atoms with E-state index in [1.54, 1.807) is 32.0 Å². The summed E-state index contributed by atoms with van der Waals surface area (Å²) in [5.74, 6) is -0.373. The van der Waals surface area contributed by atoms with Crippen molar-refractivity contribution in [2.75, 3.05) is 12.0 Å². The molecule has 0 radical (unpaired) electrons. The Labute approximate surface area is 282 Å². The summed E-state index contributed by atoms with van der Waals surface area (Å²) in [4.78, 5) is 33.8. The van der Waals surface area contributed by atoms with Gasteiger partial charge in [0.2, 0.25) is 10.9 Å². The second kappa shape index (κ2) is 13.6. The minimum absolute atomic E-state index is 0.0673. The topological polar surface area (TPSA) is 115 Å². The van der Waals surface area contributed by atoms with Gasteiger partial charge in [0.1, 0.15) is 6.61 Å². The lowest BCUT2D eigenvalue weighted by Crippen LogP contribution is -2.31. The summed E-state index contributed by atoms with van der Waals surface area (Å²) in [5, 5.41) is 21.5. The number of aromatic nitrogens is 3. The van der Waals surface area contributed by atoms with Crippen LogP contribution in [0.15, 0.2) is 88.5 Å². The maximum Gasteiger partial charge on any atom is 0.296 e. The number of benzene rings is 3. The van der Waals surface area contributed by atoms with E-state index in [-0.39, 0.29) is 10.7 Å². The van der Waals surface area contributed by atoms with Crippen LogP contribution in [0.25, 0.3) is 0 Å². The normalized spacial score (nSPS) is 14.7. The number of anilines is 1. The molecule has 1 N–H and O–H groups in total. The van der Waals surface area contributed by atoms with Crippen LogP contribution >= 0.6 is 46.0 Å². The van der Waals surface area contributed by atoms with E-state index < -0.39 is 23.5 Å². The van der Waals surface area contributed by atoms with E-state index in [4.69, 9.17) is 21.1 Å². The smallest absolute Gasteiger partial charge is 0.296 e. The summed E-state index contributed by atoms with van der Waals surface area (Å²) in [6.07, 6.45) is 0. The number of ketones is 1. The molecule has 3 aromatic carbocycles. The molecule has 6 rings (SSSR count). The highest BCUT2D eigenvalue weighted by Crippen LogP contribution is 2.46. The van der Waals surface area contributed by atoms with Gasteiger partial charge in [0.15, 0.2) is 21.6 Å². The van der Waals surface area contributed by atoms with Gasteiger partial charge >= 0.3 is 0 Å². The fourth-order valence-corrected chi connectivity index (χ4v) is 7.83. The highest BCUT2D eigenvalue weighted by molar-refractivity contribution is 8.00. The Morgan fingerprint density at radius 3 is 2.46 bits per heavy atom. The Kier molecular flexibility index (Phi) is 9.41. The van der Waals surface area contributed by atoms with Gasteiger partial charge in [-0.15, -0.1) is 21.5 Å². The van der Waals surface area contributed by atoms with Gasteiger partial charge in [0.25, 0.3) is 5.91 Å². The predicted octanol–water partition coefficient (Wildman–Crippen LogP) is 7.93. The van der Waals surface area contributed by atoms with Crippen LogP contribution in [-0.4, -0.2) is 39.1 Å². The van der Waals surface area contributed by atoms with E-state index in [0.29, 0.717) is 54.4 Å². The Morgan fingerprint density at radius 2 is 1.76 bits per heavy atom. The van der Waals surface area contributed by atoms with Crippen molar-refractivity contribution in [1.82, 2.24) is 15.2 Å². The van der Waals surface area contributed by atoms with Crippen molar-refractivity contribution in [2.24, 2.45) is 0 Å². The summed E-state index contributed by atoms with van der Waals surface area (Å²) >= 11 is 9.88. The number of aliphatic hydroxyl groups excluding tert-OH is 1. The molecule has 234 valence electrons. The van der Waals surface area contributed by atoms with Crippen molar-refractivity contribution in [3.05, 3.63) is 121 Å². The first-order valence-corrected chi connectivity index (χ1v) is 17.0. The number of Topliss-reactive ketones (excluding diaryl/α,β-unsaturated/α-hetero) is 1. The number of hydrogen-bond donors (Lipinski definition) is 1. The van der Waals surface area contributed by atoms with Gasteiger partial charge in [-0.3, -0.25) is 14.5 Å². The molecule has 3 heterocycles. The van der Waals surface area contributed by atoms with Gasteiger partial charge in [-0.25, -0.2) is 4.98 Å². The minimum Gasteiger partial charge on any atom is -0.503 e. The predicted molar refractivity (Wildman–Crippen MR) is 180 cm³/mol. The molecule has 1 atom stereocenters. The Balaban J connectivity index is 1.36. The number of hydrogen-bond acceptors (Lipinski definition) is 11. The lowest BCUT2D eigenvalue weighted by atomic mass is 9.95. The number of rotatable bonds is 11. The van der Waals surface area contributed by atoms with Crippen molar-refractivity contribution in [1.29, 1.82) is 0 Å². The SMILES string of the molecule is COc1cc(C2C(C(=O)c3sc(C)nc3C)=C(O)C(=O)N2c2nnc(SCc3ccc(Cl)cc3)s2)ccc1OCc1ccccc1. The second-order valence-electron chi connectivity index (χ2n) is 10.3. The summed E-state index contributed by atoms with van der Waals surface area (Å²) < 4.78 is 12.3. The largest absolute Gasteiger partial charge is 0.503 e. The van der Waals surface area contributed by atoms with E-state index in [1.807, 2.05) is 54.6 Å². The lowest BCUT2D eigenvalue weighted by Gasteiger charge is -2.25. The molecule has 0 saturated carbocycles. The number of thiazole rings is 1. The number of aliphatic hydroxyl groups is 1. The van der Waals surface area contributed by atoms with Crippen LogP contribution in [0, 0.1) is 13.8 Å². The first-order valence-electron chi connectivity index (χ1n) is 14.0. The molecule has 0 fully saturated rings. The molecule has 1 aliphatic heterocycles. The number of carbonyl (C=O) groups is 2. The number of aryl methyl sites for hydroxylation is 2. The summed E-state index contributed by atoms with van der Waals surface area (Å²) in [6, 6.07) is 21.4. The van der Waals surface area contributed by atoms with E-state index in [9.17, 15) is 14.7 Å². The summed E-state index contributed by atoms with van der Waals surface area (Å²) in [6.45, 7) is 3.85. The van der Waals surface area contributed by atoms with Crippen LogP contribution in [-0.2, 0) is 17.2 Å². The maximum atomic E-state index is 14.0. The molecule has 1 aliphatic rings. The number of amides is 1. The zero-order valence-corrected chi connectivity index (χ0v) is 28.1. The molecular weight excluding hydrogens is 664 g/mol. The van der Waals surface area contributed by atoms with E-state index in [2.05, 4.69) is 15.2 Å². The average Bonchev–Trinajstić information content (AvgIpc) is 3.74. The third-order valence-electron chi connectivity index (χ3n) is 7.18. The van der Waals surface area contributed by atoms with Gasteiger partial charge in [0.05, 0.1) is 34.3 Å². The van der Waals surface area contributed by atoms with Crippen LogP contribution in [0.2, 0.25) is 5.02 Å². The molecule has 9 nitrogen and oxygen atoms in total. The van der Waals surface area contributed by atoms with Gasteiger partial charge in [-0.05, 0) is 54.8 Å². The Bertz CT molecular complexity index is 1940. The van der Waals surface area contributed by atoms with E-state index in [1.165, 1.54) is 46.4 Å². The molecule has 0 saturated heterocycles. The lowest BCUT2D eigenvalue weighted by molar-refractivity contribution is -0.117.